The third kappa shape index (κ3) is 49.9. The summed E-state index contributed by atoms with van der Waals surface area (Å²) < 4.78 is 0. The first-order valence-corrected chi connectivity index (χ1v) is 15.3. The van der Waals surface area contributed by atoms with Crippen LogP contribution in [0.5, 0.6) is 0 Å². The lowest BCUT2D eigenvalue weighted by Gasteiger charge is -2.04. The van der Waals surface area contributed by atoms with Gasteiger partial charge in [0, 0.05) is 25.9 Å². The molecule has 0 radical (unpaired) electrons. The number of hydrogen-bond donors (Lipinski definition) is 4. The Bertz CT molecular complexity index is 382. The van der Waals surface area contributed by atoms with Crippen molar-refractivity contribution in [2.45, 2.75) is 162 Å². The summed E-state index contributed by atoms with van der Waals surface area (Å²) in [6.07, 6.45) is 29.4. The fourth-order valence-corrected chi connectivity index (χ4v) is 3.73. The van der Waals surface area contributed by atoms with Crippen molar-refractivity contribution in [2.75, 3.05) is 19.6 Å². The fourth-order valence-electron chi connectivity index (χ4n) is 3.73. The fraction of sp³-hybridized carbons (Fsp3) is 0.933. The number of carbonyl (C=O) groups is 2. The largest absolute Gasteiger partial charge is 0.481 e. The minimum atomic E-state index is -0.745. The number of aliphatic carboxylic acids is 2. The van der Waals surface area contributed by atoms with E-state index < -0.39 is 11.9 Å². The lowest BCUT2D eigenvalue weighted by molar-refractivity contribution is -0.137. The molecular weight excluding hydrogens is 452 g/mol. The Morgan fingerprint density at radius 2 is 0.750 bits per heavy atom. The van der Waals surface area contributed by atoms with E-state index in [1.807, 2.05) is 0 Å². The summed E-state index contributed by atoms with van der Waals surface area (Å²) in [6, 6.07) is 0. The molecule has 0 atom stereocenters. The molecule has 0 bridgehead atoms. The van der Waals surface area contributed by atoms with E-state index in [-0.39, 0.29) is 12.8 Å². The van der Waals surface area contributed by atoms with Gasteiger partial charge < -0.3 is 21.3 Å². The molecular formula is C30H64N2O4. The Morgan fingerprint density at radius 3 is 0.972 bits per heavy atom. The first-order valence-electron chi connectivity index (χ1n) is 15.3. The van der Waals surface area contributed by atoms with E-state index in [1.165, 1.54) is 128 Å². The third-order valence-electron chi connectivity index (χ3n) is 6.13. The minimum absolute atomic E-state index is 0.222. The highest BCUT2D eigenvalue weighted by Gasteiger charge is 1.95. The zero-order chi connectivity index (χ0) is 27.5. The van der Waals surface area contributed by atoms with Crippen LogP contribution in [0.25, 0.3) is 0 Å². The van der Waals surface area contributed by atoms with Crippen molar-refractivity contribution in [1.82, 2.24) is 5.32 Å². The standard InChI is InChI=1S/C24H52N2.2C3H6O2/c1-2-3-4-5-6-7-8-9-10-11-12-13-14-15-16-17-18-19-20-21-23-26-24-22-25;2*1-2-3(4)5/h26H,2-25H2,1H3;2*2H2,1H3,(H,4,5). The second kappa shape index (κ2) is 38.4. The van der Waals surface area contributed by atoms with Crippen LogP contribution in [-0.4, -0.2) is 41.8 Å². The summed E-state index contributed by atoms with van der Waals surface area (Å²) in [4.78, 5) is 18.7. The summed E-state index contributed by atoms with van der Waals surface area (Å²) in [6.45, 7) is 8.38. The lowest BCUT2D eigenvalue weighted by Crippen LogP contribution is -2.23. The molecule has 5 N–H and O–H groups in total. The first-order chi connectivity index (χ1) is 17.5. The highest BCUT2D eigenvalue weighted by molar-refractivity contribution is 5.66. The molecule has 0 saturated carbocycles. The number of nitrogens with one attached hydrogen (secondary N) is 1. The Hall–Kier alpha value is -1.14. The molecule has 0 aromatic carbocycles. The van der Waals surface area contributed by atoms with Gasteiger partial charge in [0.25, 0.3) is 0 Å². The zero-order valence-corrected chi connectivity index (χ0v) is 24.5. The Morgan fingerprint density at radius 1 is 0.500 bits per heavy atom. The van der Waals surface area contributed by atoms with Gasteiger partial charge in [-0.15, -0.1) is 0 Å². The molecule has 0 aliphatic heterocycles. The van der Waals surface area contributed by atoms with E-state index in [0.717, 1.165) is 19.6 Å². The van der Waals surface area contributed by atoms with E-state index in [9.17, 15) is 9.59 Å². The lowest BCUT2D eigenvalue weighted by atomic mass is 10.0. The van der Waals surface area contributed by atoms with Crippen molar-refractivity contribution in [3.8, 4) is 0 Å². The highest BCUT2D eigenvalue weighted by atomic mass is 16.4. The van der Waals surface area contributed by atoms with Crippen LogP contribution in [0.1, 0.15) is 162 Å². The number of carboxylic acid groups (broad SMARTS) is 2. The number of carboxylic acids is 2. The molecule has 0 aromatic rings. The van der Waals surface area contributed by atoms with E-state index in [0.29, 0.717) is 0 Å². The van der Waals surface area contributed by atoms with Gasteiger partial charge in [-0.25, -0.2) is 0 Å². The zero-order valence-electron chi connectivity index (χ0n) is 24.5. The molecule has 0 unspecified atom stereocenters. The third-order valence-corrected chi connectivity index (χ3v) is 6.13. The predicted octanol–water partition coefficient (Wildman–Crippen LogP) is 8.32. The van der Waals surface area contributed by atoms with Crippen molar-refractivity contribution in [3.63, 3.8) is 0 Å². The Kier molecular flexibility index (Phi) is 42.0. The summed E-state index contributed by atoms with van der Waals surface area (Å²) in [5.74, 6) is -1.49. The van der Waals surface area contributed by atoms with Crippen LogP contribution in [0, 0.1) is 0 Å². The minimum Gasteiger partial charge on any atom is -0.481 e. The molecule has 0 amide bonds. The molecule has 0 saturated heterocycles. The van der Waals surface area contributed by atoms with Gasteiger partial charge in [-0.1, -0.05) is 143 Å². The van der Waals surface area contributed by atoms with Gasteiger partial charge in [-0.2, -0.15) is 0 Å². The summed E-state index contributed by atoms with van der Waals surface area (Å²) in [5, 5.41) is 18.8. The number of hydrogen-bond acceptors (Lipinski definition) is 4. The maximum atomic E-state index is 9.37. The topological polar surface area (TPSA) is 113 Å². The Labute approximate surface area is 224 Å². The summed E-state index contributed by atoms with van der Waals surface area (Å²) in [7, 11) is 0. The molecule has 0 heterocycles. The van der Waals surface area contributed by atoms with Crippen LogP contribution in [0.2, 0.25) is 0 Å². The number of rotatable bonds is 25. The number of unbranched alkanes of at least 4 members (excludes halogenated alkanes) is 19. The molecule has 0 aromatic heterocycles. The summed E-state index contributed by atoms with van der Waals surface area (Å²) >= 11 is 0. The highest BCUT2D eigenvalue weighted by Crippen LogP contribution is 2.14. The molecule has 0 aliphatic rings. The molecule has 6 nitrogen and oxygen atoms in total. The maximum Gasteiger partial charge on any atom is 0.303 e. The quantitative estimate of drug-likeness (QED) is 0.0907. The van der Waals surface area contributed by atoms with Crippen LogP contribution in [0.3, 0.4) is 0 Å². The van der Waals surface area contributed by atoms with E-state index in [4.69, 9.17) is 15.9 Å². The normalized spacial score (nSPS) is 10.2. The second-order valence-electron chi connectivity index (χ2n) is 9.75. The molecule has 0 aliphatic carbocycles. The molecule has 0 spiro atoms. The Balaban J connectivity index is -0.000000910. The SMILES string of the molecule is CCC(=O)O.CCC(=O)O.CCCCCCCCCCCCCCCCCCCCCCNCCN. The predicted molar refractivity (Wildman–Crippen MR) is 156 cm³/mol. The van der Waals surface area contributed by atoms with Crippen molar-refractivity contribution in [3.05, 3.63) is 0 Å². The van der Waals surface area contributed by atoms with E-state index >= 15 is 0 Å². The van der Waals surface area contributed by atoms with Gasteiger partial charge >= 0.3 is 11.9 Å². The van der Waals surface area contributed by atoms with Crippen LogP contribution in [0.4, 0.5) is 0 Å². The van der Waals surface area contributed by atoms with Crippen molar-refractivity contribution in [1.29, 1.82) is 0 Å². The molecule has 36 heavy (non-hydrogen) atoms. The van der Waals surface area contributed by atoms with E-state index in [1.54, 1.807) is 13.8 Å². The van der Waals surface area contributed by atoms with Crippen molar-refractivity contribution < 1.29 is 19.8 Å². The average Bonchev–Trinajstić information content (AvgIpc) is 2.87. The molecule has 6 heteroatoms. The molecule has 0 fully saturated rings. The van der Waals surface area contributed by atoms with Gasteiger partial charge in [0.2, 0.25) is 0 Å². The van der Waals surface area contributed by atoms with Gasteiger partial charge in [-0.3, -0.25) is 9.59 Å². The van der Waals surface area contributed by atoms with Crippen LogP contribution < -0.4 is 11.1 Å². The first kappa shape index (κ1) is 39.4. The smallest absolute Gasteiger partial charge is 0.303 e. The maximum absolute atomic E-state index is 9.37. The van der Waals surface area contributed by atoms with Gasteiger partial charge in [0.1, 0.15) is 0 Å². The second-order valence-corrected chi connectivity index (χ2v) is 9.75. The monoisotopic (exact) mass is 516 g/mol. The van der Waals surface area contributed by atoms with Gasteiger partial charge in [0.15, 0.2) is 0 Å². The van der Waals surface area contributed by atoms with Gasteiger partial charge in [0.05, 0.1) is 0 Å². The van der Waals surface area contributed by atoms with E-state index in [2.05, 4.69) is 12.2 Å². The molecule has 218 valence electrons. The van der Waals surface area contributed by atoms with Crippen LogP contribution in [0.15, 0.2) is 0 Å². The van der Waals surface area contributed by atoms with Crippen LogP contribution >= 0.6 is 0 Å². The summed E-state index contributed by atoms with van der Waals surface area (Å²) in [5.41, 5.74) is 5.45. The van der Waals surface area contributed by atoms with Crippen LogP contribution in [-0.2, 0) is 9.59 Å². The van der Waals surface area contributed by atoms with Crippen molar-refractivity contribution in [2.24, 2.45) is 5.73 Å². The van der Waals surface area contributed by atoms with Gasteiger partial charge in [-0.05, 0) is 13.0 Å². The number of nitrogens with two attached hydrogens (primary N) is 1. The van der Waals surface area contributed by atoms with Crippen molar-refractivity contribution >= 4 is 11.9 Å². The average molecular weight is 517 g/mol. The molecule has 0 rings (SSSR count).